The first kappa shape index (κ1) is 13.1. The van der Waals surface area contributed by atoms with Crippen LogP contribution in [0.15, 0.2) is 24.3 Å². The Hall–Kier alpha value is -1.36. The maximum atomic E-state index is 11.0. The van der Waals surface area contributed by atoms with Crippen LogP contribution in [0, 0.1) is 0 Å². The van der Waals surface area contributed by atoms with Crippen molar-refractivity contribution in [2.45, 2.75) is 18.9 Å². The molecule has 1 aliphatic heterocycles. The minimum Gasteiger partial charge on any atom is -0.453 e. The molecule has 98 valence electrons. The van der Waals surface area contributed by atoms with Crippen molar-refractivity contribution in [3.8, 4) is 0 Å². The van der Waals surface area contributed by atoms with Crippen LogP contribution in [0.1, 0.15) is 12.8 Å². The number of anilines is 2. The molecule has 1 heterocycles. The quantitative estimate of drug-likeness (QED) is 0.882. The van der Waals surface area contributed by atoms with Gasteiger partial charge >= 0.3 is 6.09 Å². The largest absolute Gasteiger partial charge is 0.453 e. The number of nitrogens with one attached hydrogen (secondary N) is 2. The van der Waals surface area contributed by atoms with Crippen molar-refractivity contribution >= 4 is 29.2 Å². The Kier molecular flexibility index (Phi) is 4.75. The van der Waals surface area contributed by atoms with Gasteiger partial charge in [0.15, 0.2) is 0 Å². The van der Waals surface area contributed by atoms with Gasteiger partial charge in [-0.05, 0) is 42.9 Å². The van der Waals surface area contributed by atoms with Crippen LogP contribution in [0.25, 0.3) is 0 Å². The number of amides is 1. The molecule has 5 heteroatoms. The van der Waals surface area contributed by atoms with E-state index >= 15 is 0 Å². The normalized spacial score (nSPS) is 19.1. The van der Waals surface area contributed by atoms with E-state index in [9.17, 15) is 4.79 Å². The van der Waals surface area contributed by atoms with E-state index in [2.05, 4.69) is 15.4 Å². The van der Waals surface area contributed by atoms with Gasteiger partial charge in [0.2, 0.25) is 0 Å². The van der Waals surface area contributed by atoms with Gasteiger partial charge in [0, 0.05) is 23.2 Å². The third kappa shape index (κ3) is 3.84. The Morgan fingerprint density at radius 1 is 1.33 bits per heavy atom. The average molecular weight is 266 g/mol. The Morgan fingerprint density at radius 3 is 2.67 bits per heavy atom. The molecule has 4 nitrogen and oxygen atoms in total. The Labute approximate surface area is 111 Å². The predicted octanol–water partition coefficient (Wildman–Crippen LogP) is 3.17. The molecule has 1 fully saturated rings. The summed E-state index contributed by atoms with van der Waals surface area (Å²) in [4.78, 5) is 11.0. The molecule has 1 aliphatic rings. The summed E-state index contributed by atoms with van der Waals surface area (Å²) in [5.74, 6) is 2.45. The lowest BCUT2D eigenvalue weighted by Gasteiger charge is -2.23. The van der Waals surface area contributed by atoms with Crippen molar-refractivity contribution in [1.82, 2.24) is 0 Å². The summed E-state index contributed by atoms with van der Waals surface area (Å²) in [6, 6.07) is 8.25. The molecule has 0 aliphatic carbocycles. The van der Waals surface area contributed by atoms with Crippen LogP contribution < -0.4 is 10.6 Å². The molecule has 1 unspecified atom stereocenters. The van der Waals surface area contributed by atoms with Crippen LogP contribution in [0.4, 0.5) is 16.2 Å². The number of hydrogen-bond donors (Lipinski definition) is 2. The maximum Gasteiger partial charge on any atom is 0.411 e. The Bertz CT molecular complexity index is 388. The second-order valence-electron chi connectivity index (χ2n) is 4.25. The maximum absolute atomic E-state index is 11.0. The summed E-state index contributed by atoms with van der Waals surface area (Å²) < 4.78 is 4.54. The minimum atomic E-state index is -0.445. The molecule has 2 rings (SSSR count). The smallest absolute Gasteiger partial charge is 0.411 e. The van der Waals surface area contributed by atoms with Crippen molar-refractivity contribution in [2.75, 3.05) is 29.2 Å². The van der Waals surface area contributed by atoms with Crippen LogP contribution in [0.3, 0.4) is 0 Å². The fourth-order valence-corrected chi connectivity index (χ4v) is 2.98. The fourth-order valence-electron chi connectivity index (χ4n) is 1.91. The van der Waals surface area contributed by atoms with Gasteiger partial charge in [-0.3, -0.25) is 5.32 Å². The van der Waals surface area contributed by atoms with Crippen molar-refractivity contribution in [1.29, 1.82) is 0 Å². The fraction of sp³-hybridized carbons (Fsp3) is 0.462. The van der Waals surface area contributed by atoms with Crippen LogP contribution in [-0.4, -0.2) is 30.8 Å². The average Bonchev–Trinajstić information content (AvgIpc) is 2.42. The number of carbonyl (C=O) groups is 1. The summed E-state index contributed by atoms with van der Waals surface area (Å²) in [5, 5.41) is 6.14. The third-order valence-corrected chi connectivity index (χ3v) is 4.06. The zero-order valence-corrected chi connectivity index (χ0v) is 11.3. The van der Waals surface area contributed by atoms with Gasteiger partial charge in [-0.2, -0.15) is 11.8 Å². The zero-order chi connectivity index (χ0) is 12.8. The van der Waals surface area contributed by atoms with E-state index < -0.39 is 6.09 Å². The summed E-state index contributed by atoms with van der Waals surface area (Å²) in [7, 11) is 1.35. The predicted molar refractivity (Wildman–Crippen MR) is 76.4 cm³/mol. The van der Waals surface area contributed by atoms with Crippen molar-refractivity contribution in [2.24, 2.45) is 0 Å². The van der Waals surface area contributed by atoms with Gasteiger partial charge in [0.25, 0.3) is 0 Å². The number of thioether (sulfide) groups is 1. The first-order valence-corrected chi connectivity index (χ1v) is 7.23. The zero-order valence-electron chi connectivity index (χ0n) is 10.4. The molecule has 1 aromatic rings. The van der Waals surface area contributed by atoms with Gasteiger partial charge in [-0.1, -0.05) is 0 Å². The third-order valence-electron chi connectivity index (χ3n) is 2.85. The van der Waals surface area contributed by atoms with E-state index in [0.29, 0.717) is 6.04 Å². The summed E-state index contributed by atoms with van der Waals surface area (Å²) in [6.45, 7) is 0. The van der Waals surface area contributed by atoms with Gasteiger partial charge < -0.3 is 10.1 Å². The van der Waals surface area contributed by atoms with Crippen molar-refractivity contribution < 1.29 is 9.53 Å². The van der Waals surface area contributed by atoms with Gasteiger partial charge in [-0.25, -0.2) is 4.79 Å². The highest BCUT2D eigenvalue weighted by Gasteiger charge is 2.13. The number of methoxy groups -OCH3 is 1. The topological polar surface area (TPSA) is 50.4 Å². The SMILES string of the molecule is COC(=O)Nc1ccc(NC2CCCSC2)cc1. The van der Waals surface area contributed by atoms with Crippen LogP contribution in [0.2, 0.25) is 0 Å². The summed E-state index contributed by atoms with van der Waals surface area (Å²) in [6.07, 6.45) is 2.07. The minimum absolute atomic E-state index is 0.445. The first-order valence-electron chi connectivity index (χ1n) is 6.07. The first-order chi connectivity index (χ1) is 8.78. The molecule has 1 atom stereocenters. The highest BCUT2D eigenvalue weighted by atomic mass is 32.2. The van der Waals surface area contributed by atoms with Crippen LogP contribution >= 0.6 is 11.8 Å². The van der Waals surface area contributed by atoms with Crippen molar-refractivity contribution in [3.05, 3.63) is 24.3 Å². The highest BCUT2D eigenvalue weighted by molar-refractivity contribution is 7.99. The van der Waals surface area contributed by atoms with E-state index in [4.69, 9.17) is 0 Å². The van der Waals surface area contributed by atoms with E-state index in [-0.39, 0.29) is 0 Å². The molecule has 0 saturated carbocycles. The number of hydrogen-bond acceptors (Lipinski definition) is 4. The molecule has 2 N–H and O–H groups in total. The number of benzene rings is 1. The molecular formula is C13H18N2O2S. The van der Waals surface area contributed by atoms with Crippen LogP contribution in [0.5, 0.6) is 0 Å². The molecule has 1 amide bonds. The van der Waals surface area contributed by atoms with E-state index in [1.165, 1.54) is 31.5 Å². The Balaban J connectivity index is 1.88. The lowest BCUT2D eigenvalue weighted by molar-refractivity contribution is 0.187. The van der Waals surface area contributed by atoms with Gasteiger partial charge in [-0.15, -0.1) is 0 Å². The van der Waals surface area contributed by atoms with Crippen LogP contribution in [-0.2, 0) is 4.74 Å². The molecule has 0 radical (unpaired) electrons. The van der Waals surface area contributed by atoms with E-state index in [1.54, 1.807) is 0 Å². The monoisotopic (exact) mass is 266 g/mol. The lowest BCUT2D eigenvalue weighted by Crippen LogP contribution is -2.25. The van der Waals surface area contributed by atoms with E-state index in [0.717, 1.165) is 11.4 Å². The molecule has 1 saturated heterocycles. The second kappa shape index (κ2) is 6.54. The summed E-state index contributed by atoms with van der Waals surface area (Å²) >= 11 is 2.00. The van der Waals surface area contributed by atoms with Gasteiger partial charge in [0.1, 0.15) is 0 Å². The van der Waals surface area contributed by atoms with Crippen molar-refractivity contribution in [3.63, 3.8) is 0 Å². The number of rotatable bonds is 3. The second-order valence-corrected chi connectivity index (χ2v) is 5.40. The molecule has 0 spiro atoms. The van der Waals surface area contributed by atoms with E-state index in [1.807, 2.05) is 36.0 Å². The molecule has 0 aromatic heterocycles. The Morgan fingerprint density at radius 2 is 2.06 bits per heavy atom. The summed E-state index contributed by atoms with van der Waals surface area (Å²) in [5.41, 5.74) is 1.84. The standard InChI is InChI=1S/C13H18N2O2S/c1-17-13(16)15-11-6-4-10(5-7-11)14-12-3-2-8-18-9-12/h4-7,12,14H,2-3,8-9H2,1H3,(H,15,16). The molecule has 0 bridgehead atoms. The van der Waals surface area contributed by atoms with Gasteiger partial charge in [0.05, 0.1) is 7.11 Å². The molecule has 18 heavy (non-hydrogen) atoms. The lowest BCUT2D eigenvalue weighted by atomic mass is 10.1. The molecule has 1 aromatic carbocycles. The number of ether oxygens (including phenoxy) is 1. The molecular weight excluding hydrogens is 248 g/mol. The highest BCUT2D eigenvalue weighted by Crippen LogP contribution is 2.21. The number of carbonyl (C=O) groups excluding carboxylic acids is 1.